The number of hydrogen-bond donors (Lipinski definition) is 2. The normalized spacial score (nSPS) is 22.7. The van der Waals surface area contributed by atoms with Crippen LogP contribution in [-0.4, -0.2) is 47.4 Å². The van der Waals surface area contributed by atoms with E-state index in [4.69, 9.17) is 4.65 Å². The van der Waals surface area contributed by atoms with Gasteiger partial charge in [0, 0.05) is 22.8 Å². The average molecular weight is 327 g/mol. The van der Waals surface area contributed by atoms with Gasteiger partial charge in [0.2, 0.25) is 5.91 Å². The van der Waals surface area contributed by atoms with Gasteiger partial charge in [-0.15, -0.1) is 11.3 Å². The van der Waals surface area contributed by atoms with Gasteiger partial charge in [-0.1, -0.05) is 6.07 Å². The number of carbonyl (C=O) groups excluding carboxylic acids is 2. The third-order valence-corrected chi connectivity index (χ3v) is 5.13. The maximum atomic E-state index is 12.0. The number of thiophene rings is 1. The molecule has 0 aromatic carbocycles. The molecule has 0 bridgehead atoms. The Morgan fingerprint density at radius 1 is 1.52 bits per heavy atom. The van der Waals surface area contributed by atoms with E-state index in [1.165, 1.54) is 18.3 Å². The second kappa shape index (κ2) is 7.98. The highest BCUT2D eigenvalue weighted by molar-refractivity contribution is 7.99. The lowest BCUT2D eigenvalue weighted by Gasteiger charge is -2.19. The molecule has 114 valence electrons. The van der Waals surface area contributed by atoms with Crippen molar-refractivity contribution in [2.45, 2.75) is 31.8 Å². The van der Waals surface area contributed by atoms with Crippen molar-refractivity contribution in [1.29, 1.82) is 0 Å². The first kappa shape index (κ1) is 16.5. The second-order valence-electron chi connectivity index (χ2n) is 5.02. The first-order valence-electron chi connectivity index (χ1n) is 6.77. The zero-order valence-electron chi connectivity index (χ0n) is 11.8. The van der Waals surface area contributed by atoms with E-state index in [1.807, 2.05) is 17.5 Å². The van der Waals surface area contributed by atoms with Crippen LogP contribution in [0.1, 0.15) is 18.2 Å². The van der Waals surface area contributed by atoms with Gasteiger partial charge < -0.3 is 15.0 Å². The number of thioether (sulfide) groups is 1. The van der Waals surface area contributed by atoms with Crippen molar-refractivity contribution < 1.29 is 19.3 Å². The monoisotopic (exact) mass is 327 g/mol. The Morgan fingerprint density at radius 3 is 3.00 bits per heavy atom. The Labute approximate surface area is 132 Å². The van der Waals surface area contributed by atoms with Gasteiger partial charge in [0.15, 0.2) is 0 Å². The molecular weight excluding hydrogens is 309 g/mol. The molecule has 1 aromatic heterocycles. The SMILES string of the molecule is CC(=O)C[C@H]1CSC[C@H](NC(=O)Cc2cccs2)B(O)O1. The predicted octanol–water partition coefficient (Wildman–Crippen LogP) is 0.906. The summed E-state index contributed by atoms with van der Waals surface area (Å²) >= 11 is 3.11. The minimum absolute atomic E-state index is 0.0352. The van der Waals surface area contributed by atoms with E-state index < -0.39 is 13.1 Å². The number of rotatable bonds is 5. The Bertz CT molecular complexity index is 483. The predicted molar refractivity (Wildman–Crippen MR) is 85.4 cm³/mol. The third-order valence-electron chi connectivity index (χ3n) is 3.05. The van der Waals surface area contributed by atoms with Gasteiger partial charge in [-0.25, -0.2) is 0 Å². The van der Waals surface area contributed by atoms with Gasteiger partial charge in [0.25, 0.3) is 0 Å². The van der Waals surface area contributed by atoms with Crippen molar-refractivity contribution in [3.05, 3.63) is 22.4 Å². The molecule has 1 aliphatic heterocycles. The van der Waals surface area contributed by atoms with Crippen molar-refractivity contribution in [2.75, 3.05) is 11.5 Å². The summed E-state index contributed by atoms with van der Waals surface area (Å²) in [4.78, 5) is 24.1. The quantitative estimate of drug-likeness (QED) is 0.786. The minimum atomic E-state index is -1.07. The van der Waals surface area contributed by atoms with Crippen LogP contribution in [0.3, 0.4) is 0 Å². The summed E-state index contributed by atoms with van der Waals surface area (Å²) in [7, 11) is -1.07. The van der Waals surface area contributed by atoms with Crippen LogP contribution in [0.4, 0.5) is 0 Å². The fourth-order valence-electron chi connectivity index (χ4n) is 2.11. The summed E-state index contributed by atoms with van der Waals surface area (Å²) in [5.74, 6) is 0.683. The van der Waals surface area contributed by atoms with Crippen molar-refractivity contribution in [3.63, 3.8) is 0 Å². The molecule has 0 spiro atoms. The Balaban J connectivity index is 1.85. The number of carbonyl (C=O) groups is 2. The second-order valence-corrected chi connectivity index (χ2v) is 7.13. The number of ketones is 1. The molecule has 1 saturated heterocycles. The van der Waals surface area contributed by atoms with Crippen molar-refractivity contribution in [2.24, 2.45) is 0 Å². The van der Waals surface area contributed by atoms with E-state index in [-0.39, 0.29) is 17.8 Å². The molecule has 0 unspecified atom stereocenters. The molecule has 1 amide bonds. The summed E-state index contributed by atoms with van der Waals surface area (Å²) in [6, 6.07) is 3.81. The summed E-state index contributed by atoms with van der Waals surface area (Å²) in [6.07, 6.45) is 0.309. The van der Waals surface area contributed by atoms with E-state index in [1.54, 1.807) is 11.8 Å². The molecule has 0 aliphatic carbocycles. The lowest BCUT2D eigenvalue weighted by atomic mass is 9.79. The van der Waals surface area contributed by atoms with Crippen LogP contribution in [0, 0.1) is 0 Å². The van der Waals surface area contributed by atoms with Crippen LogP contribution in [0.25, 0.3) is 0 Å². The molecule has 8 heteroatoms. The molecule has 1 fully saturated rings. The van der Waals surface area contributed by atoms with Gasteiger partial charge >= 0.3 is 7.12 Å². The van der Waals surface area contributed by atoms with Gasteiger partial charge in [0.05, 0.1) is 18.5 Å². The largest absolute Gasteiger partial charge is 0.479 e. The molecule has 2 atom stereocenters. The molecule has 1 aromatic rings. The lowest BCUT2D eigenvalue weighted by molar-refractivity contribution is -0.121. The van der Waals surface area contributed by atoms with Crippen molar-refractivity contribution in [1.82, 2.24) is 5.32 Å². The van der Waals surface area contributed by atoms with Crippen LogP contribution in [0.15, 0.2) is 17.5 Å². The average Bonchev–Trinajstić information content (AvgIpc) is 2.83. The number of amides is 1. The van der Waals surface area contributed by atoms with E-state index in [0.717, 1.165) is 4.88 Å². The molecule has 2 rings (SSSR count). The van der Waals surface area contributed by atoms with Gasteiger partial charge in [-0.3, -0.25) is 9.59 Å². The molecule has 1 aliphatic rings. The smallest absolute Gasteiger partial charge is 0.426 e. The van der Waals surface area contributed by atoms with Crippen LogP contribution >= 0.6 is 23.1 Å². The zero-order valence-corrected chi connectivity index (χ0v) is 13.4. The Morgan fingerprint density at radius 2 is 2.33 bits per heavy atom. The maximum absolute atomic E-state index is 12.0. The Hall–Kier alpha value is -0.825. The van der Waals surface area contributed by atoms with Crippen molar-refractivity contribution in [3.8, 4) is 0 Å². The maximum Gasteiger partial charge on any atom is 0.479 e. The molecule has 2 heterocycles. The highest BCUT2D eigenvalue weighted by Gasteiger charge is 2.34. The Kier molecular flexibility index (Phi) is 6.29. The highest BCUT2D eigenvalue weighted by Crippen LogP contribution is 2.18. The summed E-state index contributed by atoms with van der Waals surface area (Å²) in [5.41, 5.74) is 0. The third kappa shape index (κ3) is 5.46. The van der Waals surface area contributed by atoms with Gasteiger partial charge in [-0.05, 0) is 18.4 Å². The van der Waals surface area contributed by atoms with E-state index in [9.17, 15) is 14.6 Å². The molecule has 21 heavy (non-hydrogen) atoms. The number of hydrogen-bond acceptors (Lipinski definition) is 6. The zero-order chi connectivity index (χ0) is 15.2. The number of Topliss-reactive ketones (excluding diaryl/α,β-unsaturated/α-hetero) is 1. The molecule has 5 nitrogen and oxygen atoms in total. The molecule has 2 N–H and O–H groups in total. The van der Waals surface area contributed by atoms with E-state index >= 15 is 0 Å². The lowest BCUT2D eigenvalue weighted by Crippen LogP contribution is -2.50. The van der Waals surface area contributed by atoms with Crippen LogP contribution < -0.4 is 5.32 Å². The van der Waals surface area contributed by atoms with E-state index in [2.05, 4.69) is 5.32 Å². The fraction of sp³-hybridized carbons (Fsp3) is 0.538. The van der Waals surface area contributed by atoms with Crippen molar-refractivity contribution >= 4 is 41.9 Å². The van der Waals surface area contributed by atoms with Crippen LogP contribution in [-0.2, 0) is 20.7 Å². The molecule has 0 saturated carbocycles. The fourth-order valence-corrected chi connectivity index (χ4v) is 3.91. The van der Waals surface area contributed by atoms with Gasteiger partial charge in [-0.2, -0.15) is 11.8 Å². The van der Waals surface area contributed by atoms with Crippen LogP contribution in [0.5, 0.6) is 0 Å². The topological polar surface area (TPSA) is 75.6 Å². The van der Waals surface area contributed by atoms with Crippen LogP contribution in [0.2, 0.25) is 0 Å². The number of nitrogens with one attached hydrogen (secondary N) is 1. The minimum Gasteiger partial charge on any atom is -0.426 e. The van der Waals surface area contributed by atoms with E-state index in [0.29, 0.717) is 24.3 Å². The molecule has 0 radical (unpaired) electrons. The first-order valence-corrected chi connectivity index (χ1v) is 8.80. The van der Waals surface area contributed by atoms with Gasteiger partial charge in [0.1, 0.15) is 5.78 Å². The summed E-state index contributed by atoms with van der Waals surface area (Å²) in [6.45, 7) is 1.51. The first-order chi connectivity index (χ1) is 10.0. The summed E-state index contributed by atoms with van der Waals surface area (Å²) in [5, 5.41) is 14.8. The summed E-state index contributed by atoms with van der Waals surface area (Å²) < 4.78 is 5.47. The molecular formula is C13H18BNO4S2. The highest BCUT2D eigenvalue weighted by atomic mass is 32.2. The standard InChI is InChI=1S/C13H18BNO4S2/c1-9(16)5-10-7-20-8-12(14(18)19-10)15-13(17)6-11-3-2-4-21-11/h2-4,10,12,18H,5-8H2,1H3,(H,15,17)/t10-,12-/m0/s1.